The molecule has 0 aliphatic heterocycles. The fraction of sp³-hybridized carbons (Fsp3) is 0.150. The van der Waals surface area contributed by atoms with E-state index in [0.717, 1.165) is 0 Å². The lowest BCUT2D eigenvalue weighted by Gasteiger charge is -2.13. The largest absolute Gasteiger partial charge is 0.349 e. The SMILES string of the molecule is Cn1nc(Cc2c(Cl)cc(-n3nc(C(F)F)c(=O)[nH]c3=O)cc2Cl)c2ccccc2c1=O. The van der Waals surface area contributed by atoms with Gasteiger partial charge >= 0.3 is 5.69 Å². The average molecular weight is 480 g/mol. The maximum atomic E-state index is 13.0. The van der Waals surface area contributed by atoms with Crippen molar-refractivity contribution in [2.24, 2.45) is 7.05 Å². The van der Waals surface area contributed by atoms with Gasteiger partial charge < -0.3 is 0 Å². The molecule has 1 N–H and O–H groups in total. The molecule has 12 heteroatoms. The maximum Gasteiger partial charge on any atom is 0.349 e. The van der Waals surface area contributed by atoms with E-state index < -0.39 is 23.4 Å². The summed E-state index contributed by atoms with van der Waals surface area (Å²) in [7, 11) is 1.53. The van der Waals surface area contributed by atoms with Crippen LogP contribution in [0.2, 0.25) is 10.0 Å². The average Bonchev–Trinajstić information content (AvgIpc) is 2.73. The molecule has 2 aromatic carbocycles. The van der Waals surface area contributed by atoms with Gasteiger partial charge in [-0.15, -0.1) is 0 Å². The first kappa shape index (κ1) is 21.8. The van der Waals surface area contributed by atoms with Crippen molar-refractivity contribution in [3.63, 3.8) is 0 Å². The van der Waals surface area contributed by atoms with Crippen LogP contribution in [-0.2, 0) is 13.5 Å². The van der Waals surface area contributed by atoms with Gasteiger partial charge in [0.15, 0.2) is 5.69 Å². The third-order valence-corrected chi connectivity index (χ3v) is 5.48. The minimum atomic E-state index is -3.18. The van der Waals surface area contributed by atoms with E-state index in [0.29, 0.717) is 26.7 Å². The summed E-state index contributed by atoms with van der Waals surface area (Å²) in [5.41, 5.74) is -2.69. The topological polar surface area (TPSA) is 103 Å². The summed E-state index contributed by atoms with van der Waals surface area (Å²) in [6.07, 6.45) is -3.03. The van der Waals surface area contributed by atoms with Gasteiger partial charge in [0.2, 0.25) is 0 Å². The molecule has 0 bridgehead atoms. The lowest BCUT2D eigenvalue weighted by Crippen LogP contribution is -2.34. The number of fused-ring (bicyclic) bond motifs is 1. The van der Waals surface area contributed by atoms with E-state index in [9.17, 15) is 23.2 Å². The van der Waals surface area contributed by atoms with Crippen LogP contribution < -0.4 is 16.8 Å². The predicted octanol–water partition coefficient (Wildman–Crippen LogP) is 3.00. The second-order valence-corrected chi connectivity index (χ2v) is 7.66. The zero-order chi connectivity index (χ0) is 23.2. The Morgan fingerprint density at radius 3 is 2.28 bits per heavy atom. The van der Waals surface area contributed by atoms with Crippen molar-refractivity contribution in [1.29, 1.82) is 0 Å². The van der Waals surface area contributed by atoms with E-state index in [-0.39, 0.29) is 27.7 Å². The van der Waals surface area contributed by atoms with Crippen LogP contribution in [0.25, 0.3) is 16.5 Å². The fourth-order valence-electron chi connectivity index (χ4n) is 3.29. The number of rotatable bonds is 4. The number of H-pyrrole nitrogens is 1. The van der Waals surface area contributed by atoms with Crippen molar-refractivity contribution in [1.82, 2.24) is 24.5 Å². The van der Waals surface area contributed by atoms with Crippen molar-refractivity contribution in [3.05, 3.63) is 94.6 Å². The second kappa shape index (κ2) is 8.29. The van der Waals surface area contributed by atoms with E-state index in [4.69, 9.17) is 23.2 Å². The summed E-state index contributed by atoms with van der Waals surface area (Å²) in [6, 6.07) is 9.58. The van der Waals surface area contributed by atoms with Gasteiger partial charge in [0, 0.05) is 28.9 Å². The van der Waals surface area contributed by atoms with Gasteiger partial charge in [0.1, 0.15) is 0 Å². The Morgan fingerprint density at radius 1 is 1.03 bits per heavy atom. The molecule has 0 unspecified atom stereocenters. The fourth-order valence-corrected chi connectivity index (χ4v) is 3.89. The van der Waals surface area contributed by atoms with Crippen molar-refractivity contribution >= 4 is 34.0 Å². The molecule has 164 valence electrons. The quantitative estimate of drug-likeness (QED) is 0.484. The predicted molar refractivity (Wildman–Crippen MR) is 115 cm³/mol. The van der Waals surface area contributed by atoms with Crippen LogP contribution in [0.4, 0.5) is 8.78 Å². The Kier molecular flexibility index (Phi) is 5.66. The number of aromatic amines is 1. The first-order valence-corrected chi connectivity index (χ1v) is 9.88. The van der Waals surface area contributed by atoms with Gasteiger partial charge in [-0.3, -0.25) is 14.6 Å². The molecule has 0 aliphatic carbocycles. The van der Waals surface area contributed by atoms with Crippen molar-refractivity contribution in [3.8, 4) is 5.69 Å². The number of hydrogen-bond acceptors (Lipinski definition) is 5. The summed E-state index contributed by atoms with van der Waals surface area (Å²) in [5, 5.41) is 9.10. The zero-order valence-electron chi connectivity index (χ0n) is 16.3. The van der Waals surface area contributed by atoms with Gasteiger partial charge in [0.25, 0.3) is 17.5 Å². The van der Waals surface area contributed by atoms with Gasteiger partial charge in [-0.2, -0.15) is 14.9 Å². The molecule has 4 aromatic rings. The number of benzene rings is 2. The Morgan fingerprint density at radius 2 is 1.66 bits per heavy atom. The number of nitrogens with zero attached hydrogens (tertiary/aromatic N) is 4. The second-order valence-electron chi connectivity index (χ2n) is 6.84. The van der Waals surface area contributed by atoms with E-state index in [1.807, 2.05) is 0 Å². The van der Waals surface area contributed by atoms with Crippen molar-refractivity contribution < 1.29 is 8.78 Å². The molecule has 2 heterocycles. The van der Waals surface area contributed by atoms with Crippen LogP contribution in [0.15, 0.2) is 50.8 Å². The monoisotopic (exact) mass is 479 g/mol. The third kappa shape index (κ3) is 3.82. The Balaban J connectivity index is 1.83. The Hall–Kier alpha value is -3.37. The first-order valence-electron chi connectivity index (χ1n) is 9.12. The summed E-state index contributed by atoms with van der Waals surface area (Å²) in [4.78, 5) is 37.7. The molecule has 0 radical (unpaired) electrons. The summed E-state index contributed by atoms with van der Waals surface area (Å²) >= 11 is 12.8. The van der Waals surface area contributed by atoms with E-state index in [1.165, 1.54) is 23.9 Å². The minimum Gasteiger partial charge on any atom is -0.271 e. The highest BCUT2D eigenvalue weighted by Gasteiger charge is 2.19. The number of halogens is 4. The van der Waals surface area contributed by atoms with Crippen molar-refractivity contribution in [2.45, 2.75) is 12.8 Å². The third-order valence-electron chi connectivity index (χ3n) is 4.81. The molecule has 32 heavy (non-hydrogen) atoms. The normalized spacial score (nSPS) is 11.4. The molecule has 0 aliphatic rings. The van der Waals surface area contributed by atoms with Crippen LogP contribution in [0, 0.1) is 0 Å². The van der Waals surface area contributed by atoms with Crippen LogP contribution in [0.1, 0.15) is 23.4 Å². The molecular formula is C20H13Cl2F2N5O3. The molecule has 0 saturated heterocycles. The molecule has 8 nitrogen and oxygen atoms in total. The molecule has 0 saturated carbocycles. The zero-order valence-corrected chi connectivity index (χ0v) is 17.8. The van der Waals surface area contributed by atoms with E-state index >= 15 is 0 Å². The maximum absolute atomic E-state index is 13.0. The molecule has 2 aromatic heterocycles. The highest BCUT2D eigenvalue weighted by molar-refractivity contribution is 6.36. The Labute approximate surface area is 187 Å². The number of nitrogens with one attached hydrogen (secondary N) is 1. The van der Waals surface area contributed by atoms with Crippen LogP contribution in [0.3, 0.4) is 0 Å². The number of alkyl halides is 2. The molecule has 0 atom stereocenters. The standard InChI is InChI=1S/C20H13Cl2F2N5O3/c1-28-19(31)11-5-3-2-4-10(11)15(26-28)8-12-13(21)6-9(7-14(12)22)29-20(32)25-18(30)16(27-29)17(23)24/h2-7,17H,8H2,1H3,(H,25,30,32). The molecule has 0 fully saturated rings. The summed E-state index contributed by atoms with van der Waals surface area (Å²) < 4.78 is 27.9. The highest BCUT2D eigenvalue weighted by atomic mass is 35.5. The van der Waals surface area contributed by atoms with Gasteiger partial charge in [0.05, 0.1) is 16.8 Å². The molecule has 4 rings (SSSR count). The van der Waals surface area contributed by atoms with Crippen molar-refractivity contribution in [2.75, 3.05) is 0 Å². The molecule has 0 amide bonds. The summed E-state index contributed by atoms with van der Waals surface area (Å²) in [5.74, 6) is 0. The number of aryl methyl sites for hydroxylation is 1. The molecular weight excluding hydrogens is 467 g/mol. The lowest BCUT2D eigenvalue weighted by atomic mass is 10.0. The van der Waals surface area contributed by atoms with E-state index in [2.05, 4.69) is 10.2 Å². The molecule has 0 spiro atoms. The number of hydrogen-bond donors (Lipinski definition) is 1. The highest BCUT2D eigenvalue weighted by Crippen LogP contribution is 2.31. The van der Waals surface area contributed by atoms with Gasteiger partial charge in [-0.1, -0.05) is 41.4 Å². The van der Waals surface area contributed by atoms with E-state index in [1.54, 1.807) is 29.2 Å². The van der Waals surface area contributed by atoms with Crippen LogP contribution >= 0.6 is 23.2 Å². The number of aromatic nitrogens is 5. The smallest absolute Gasteiger partial charge is 0.271 e. The van der Waals surface area contributed by atoms with Crippen LogP contribution in [-0.4, -0.2) is 24.5 Å². The van der Waals surface area contributed by atoms with Gasteiger partial charge in [-0.05, 0) is 23.8 Å². The minimum absolute atomic E-state index is 0.00909. The first-order chi connectivity index (χ1) is 15.2. The van der Waals surface area contributed by atoms with Crippen LogP contribution in [0.5, 0.6) is 0 Å². The Bertz CT molecular complexity index is 1520. The van der Waals surface area contributed by atoms with Gasteiger partial charge in [-0.25, -0.2) is 18.3 Å². The lowest BCUT2D eigenvalue weighted by molar-refractivity contribution is 0.141. The summed E-state index contributed by atoms with van der Waals surface area (Å²) in [6.45, 7) is 0.